The molecule has 2 saturated heterocycles. The summed E-state index contributed by atoms with van der Waals surface area (Å²) in [6, 6.07) is -0.0193. The van der Waals surface area contributed by atoms with Crippen molar-refractivity contribution in [3.05, 3.63) is 18.2 Å². The molecule has 3 heterocycles. The Labute approximate surface area is 131 Å². The number of ether oxygens (including phenoxy) is 1. The molecule has 3 unspecified atom stereocenters. The van der Waals surface area contributed by atoms with Gasteiger partial charge in [0.2, 0.25) is 0 Å². The summed E-state index contributed by atoms with van der Waals surface area (Å²) >= 11 is 0. The lowest BCUT2D eigenvalue weighted by atomic mass is 10.1. The highest BCUT2D eigenvalue weighted by molar-refractivity contribution is 4.95. The number of hydrogen-bond donors (Lipinski definition) is 2. The van der Waals surface area contributed by atoms with E-state index in [1.54, 1.807) is 6.20 Å². The van der Waals surface area contributed by atoms with Gasteiger partial charge in [0.25, 0.3) is 0 Å². The number of nitrogens with one attached hydrogen (secondary N) is 1. The van der Waals surface area contributed by atoms with Crippen LogP contribution >= 0.6 is 0 Å². The molecule has 7 nitrogen and oxygen atoms in total. The first-order valence-corrected chi connectivity index (χ1v) is 8.03. The van der Waals surface area contributed by atoms with Gasteiger partial charge in [-0.3, -0.25) is 4.90 Å². The van der Waals surface area contributed by atoms with Crippen molar-refractivity contribution in [1.82, 2.24) is 24.7 Å². The summed E-state index contributed by atoms with van der Waals surface area (Å²) in [5, 5.41) is 13.8. The van der Waals surface area contributed by atoms with Gasteiger partial charge < -0.3 is 24.6 Å². The molecule has 0 saturated carbocycles. The number of aliphatic hydroxyl groups excluding tert-OH is 1. The summed E-state index contributed by atoms with van der Waals surface area (Å²) in [5.74, 6) is 0.967. The zero-order valence-electron chi connectivity index (χ0n) is 13.5. The van der Waals surface area contributed by atoms with E-state index in [0.717, 1.165) is 38.5 Å². The van der Waals surface area contributed by atoms with Crippen LogP contribution in [-0.4, -0.2) is 89.1 Å². The lowest BCUT2D eigenvalue weighted by Gasteiger charge is -2.34. The van der Waals surface area contributed by atoms with Crippen LogP contribution < -0.4 is 5.32 Å². The molecular weight excluding hydrogens is 282 g/mol. The molecule has 124 valence electrons. The van der Waals surface area contributed by atoms with Gasteiger partial charge in [-0.15, -0.1) is 0 Å². The molecule has 3 atom stereocenters. The number of aromatic nitrogens is 2. The quantitative estimate of drug-likeness (QED) is 0.719. The van der Waals surface area contributed by atoms with Gasteiger partial charge in [-0.25, -0.2) is 4.98 Å². The summed E-state index contributed by atoms with van der Waals surface area (Å²) in [4.78, 5) is 9.00. The lowest BCUT2D eigenvalue weighted by molar-refractivity contribution is 0.00598. The smallest absolute Gasteiger partial charge is 0.122 e. The minimum Gasteiger partial charge on any atom is -0.389 e. The molecule has 0 bridgehead atoms. The van der Waals surface area contributed by atoms with Crippen LogP contribution in [0.15, 0.2) is 12.4 Å². The molecular formula is C15H27N5O2. The Balaban J connectivity index is 1.45. The molecule has 2 aliphatic heterocycles. The molecule has 2 N–H and O–H groups in total. The van der Waals surface area contributed by atoms with Crippen LogP contribution in [0.1, 0.15) is 5.82 Å². The molecule has 0 aromatic carbocycles. The predicted octanol–water partition coefficient (Wildman–Crippen LogP) is -1.11. The van der Waals surface area contributed by atoms with Crippen LogP contribution in [0.3, 0.4) is 0 Å². The number of aryl methyl sites for hydroxylation is 1. The summed E-state index contributed by atoms with van der Waals surface area (Å²) in [6.45, 7) is 6.30. The highest BCUT2D eigenvalue weighted by Crippen LogP contribution is 2.17. The fraction of sp³-hybridized carbons (Fsp3) is 0.800. The topological polar surface area (TPSA) is 65.8 Å². The minimum atomic E-state index is -0.458. The van der Waals surface area contributed by atoms with E-state index in [-0.39, 0.29) is 12.1 Å². The number of imidazole rings is 1. The Morgan fingerprint density at radius 1 is 1.32 bits per heavy atom. The Hall–Kier alpha value is -0.990. The first kappa shape index (κ1) is 15.9. The van der Waals surface area contributed by atoms with Crippen molar-refractivity contribution in [3.8, 4) is 0 Å². The van der Waals surface area contributed by atoms with Gasteiger partial charge in [0.05, 0.1) is 31.4 Å². The maximum absolute atomic E-state index is 10.5. The molecule has 0 amide bonds. The molecule has 3 rings (SSSR count). The van der Waals surface area contributed by atoms with Crippen LogP contribution in [0.2, 0.25) is 0 Å². The average molecular weight is 309 g/mol. The zero-order valence-corrected chi connectivity index (χ0v) is 13.5. The second kappa shape index (κ2) is 7.06. The lowest BCUT2D eigenvalue weighted by Crippen LogP contribution is -2.50. The van der Waals surface area contributed by atoms with Crippen molar-refractivity contribution >= 4 is 0 Å². The Morgan fingerprint density at radius 2 is 2.09 bits per heavy atom. The van der Waals surface area contributed by atoms with Crippen LogP contribution in [0.25, 0.3) is 0 Å². The molecule has 2 fully saturated rings. The number of likely N-dealkylation sites (N-methyl/N-ethyl adjacent to an activating group) is 1. The highest BCUT2D eigenvalue weighted by Gasteiger charge is 2.36. The number of rotatable bonds is 5. The third-order valence-electron chi connectivity index (χ3n) is 4.76. The highest BCUT2D eigenvalue weighted by atomic mass is 16.5. The van der Waals surface area contributed by atoms with Gasteiger partial charge in [0.1, 0.15) is 5.82 Å². The molecule has 1 aromatic rings. The molecule has 0 radical (unpaired) electrons. The van der Waals surface area contributed by atoms with Crippen molar-refractivity contribution in [2.75, 3.05) is 46.4 Å². The van der Waals surface area contributed by atoms with E-state index < -0.39 is 6.10 Å². The second-order valence-corrected chi connectivity index (χ2v) is 6.41. The molecule has 22 heavy (non-hydrogen) atoms. The van der Waals surface area contributed by atoms with E-state index in [1.807, 2.05) is 17.8 Å². The van der Waals surface area contributed by atoms with Crippen LogP contribution in [0.4, 0.5) is 0 Å². The predicted molar refractivity (Wildman–Crippen MR) is 83.5 cm³/mol. The van der Waals surface area contributed by atoms with Crippen molar-refractivity contribution in [3.63, 3.8) is 0 Å². The first-order chi connectivity index (χ1) is 10.6. The molecule has 7 heteroatoms. The number of hydrogen-bond acceptors (Lipinski definition) is 6. The van der Waals surface area contributed by atoms with Crippen LogP contribution in [-0.2, 0) is 18.3 Å². The van der Waals surface area contributed by atoms with Crippen molar-refractivity contribution in [2.24, 2.45) is 7.05 Å². The van der Waals surface area contributed by atoms with E-state index in [4.69, 9.17) is 4.74 Å². The largest absolute Gasteiger partial charge is 0.389 e. The summed E-state index contributed by atoms with van der Waals surface area (Å²) < 4.78 is 7.80. The van der Waals surface area contributed by atoms with Crippen molar-refractivity contribution in [2.45, 2.75) is 24.8 Å². The Bertz CT molecular complexity index is 472. The maximum atomic E-state index is 10.5. The SMILES string of the molecule is CN1CCN(CC2OCC(NCc3nccn3C)C2O)CC1. The Morgan fingerprint density at radius 3 is 2.77 bits per heavy atom. The Kier molecular flexibility index (Phi) is 5.10. The van der Waals surface area contributed by atoms with Gasteiger partial charge in [0, 0.05) is 52.2 Å². The normalized spacial score (nSPS) is 31.0. The van der Waals surface area contributed by atoms with E-state index in [0.29, 0.717) is 13.2 Å². The van der Waals surface area contributed by atoms with E-state index in [9.17, 15) is 5.11 Å². The molecule has 0 aliphatic carbocycles. The van der Waals surface area contributed by atoms with Crippen molar-refractivity contribution in [1.29, 1.82) is 0 Å². The standard InChI is InChI=1S/C15H27N5O2/c1-18-5-7-20(8-6-18)10-13-15(21)12(11-22-13)17-9-14-16-3-4-19(14)2/h3-4,12-13,15,17,21H,5-11H2,1-2H3. The molecule has 0 spiro atoms. The minimum absolute atomic E-state index is 0.0193. The fourth-order valence-electron chi connectivity index (χ4n) is 3.10. The molecule has 2 aliphatic rings. The summed E-state index contributed by atoms with van der Waals surface area (Å²) in [7, 11) is 4.12. The second-order valence-electron chi connectivity index (χ2n) is 6.41. The summed E-state index contributed by atoms with van der Waals surface area (Å²) in [5.41, 5.74) is 0. The monoisotopic (exact) mass is 309 g/mol. The van der Waals surface area contributed by atoms with Gasteiger partial charge >= 0.3 is 0 Å². The van der Waals surface area contributed by atoms with E-state index in [2.05, 4.69) is 27.1 Å². The van der Waals surface area contributed by atoms with Gasteiger partial charge in [-0.1, -0.05) is 0 Å². The number of piperazine rings is 1. The maximum Gasteiger partial charge on any atom is 0.122 e. The van der Waals surface area contributed by atoms with E-state index >= 15 is 0 Å². The summed E-state index contributed by atoms with van der Waals surface area (Å²) in [6.07, 6.45) is 3.16. The van der Waals surface area contributed by atoms with E-state index in [1.165, 1.54) is 0 Å². The fourth-order valence-corrected chi connectivity index (χ4v) is 3.10. The van der Waals surface area contributed by atoms with Gasteiger partial charge in [-0.05, 0) is 7.05 Å². The average Bonchev–Trinajstić information content (AvgIpc) is 3.07. The molecule has 1 aromatic heterocycles. The number of aliphatic hydroxyl groups is 1. The van der Waals surface area contributed by atoms with Crippen molar-refractivity contribution < 1.29 is 9.84 Å². The van der Waals surface area contributed by atoms with Crippen LogP contribution in [0.5, 0.6) is 0 Å². The first-order valence-electron chi connectivity index (χ1n) is 8.03. The number of nitrogens with zero attached hydrogens (tertiary/aromatic N) is 4. The third kappa shape index (κ3) is 3.67. The third-order valence-corrected chi connectivity index (χ3v) is 4.76. The van der Waals surface area contributed by atoms with Crippen LogP contribution in [0, 0.1) is 0 Å². The zero-order chi connectivity index (χ0) is 15.5. The van der Waals surface area contributed by atoms with Gasteiger partial charge in [0.15, 0.2) is 0 Å². The van der Waals surface area contributed by atoms with Gasteiger partial charge in [-0.2, -0.15) is 0 Å².